The summed E-state index contributed by atoms with van der Waals surface area (Å²) >= 11 is 0. The minimum Gasteiger partial charge on any atom is -0.393 e. The zero-order valence-electron chi connectivity index (χ0n) is 11.3. The number of nitrogens with zero attached hydrogens (tertiary/aromatic N) is 3. The van der Waals surface area contributed by atoms with Gasteiger partial charge in [0.05, 0.1) is 12.2 Å². The highest BCUT2D eigenvalue weighted by Crippen LogP contribution is 2.24. The number of aliphatic hydroxyl groups is 2. The summed E-state index contributed by atoms with van der Waals surface area (Å²) < 4.78 is 4.78. The Labute approximate surface area is 117 Å². The summed E-state index contributed by atoms with van der Waals surface area (Å²) in [6.07, 6.45) is 2.12. The van der Waals surface area contributed by atoms with E-state index in [0.29, 0.717) is 12.8 Å². The lowest BCUT2D eigenvalue weighted by Crippen LogP contribution is -2.34. The minimum atomic E-state index is -0.920. The van der Waals surface area contributed by atoms with E-state index in [0.717, 1.165) is 42.7 Å². The third-order valence-corrected chi connectivity index (χ3v) is 4.07. The highest BCUT2D eigenvalue weighted by molar-refractivity contribution is 5.76. The molecule has 1 atom stereocenters. The molecule has 1 aromatic carbocycles. The van der Waals surface area contributed by atoms with Crippen molar-refractivity contribution in [2.45, 2.75) is 31.4 Å². The summed E-state index contributed by atoms with van der Waals surface area (Å²) in [6, 6.07) is 5.85. The van der Waals surface area contributed by atoms with Crippen LogP contribution in [0.3, 0.4) is 0 Å². The van der Waals surface area contributed by atoms with Gasteiger partial charge < -0.3 is 10.2 Å². The van der Waals surface area contributed by atoms with Gasteiger partial charge in [0.15, 0.2) is 0 Å². The fourth-order valence-corrected chi connectivity index (χ4v) is 2.78. The lowest BCUT2D eigenvalue weighted by atomic mass is 9.96. The van der Waals surface area contributed by atoms with Gasteiger partial charge in [-0.1, -0.05) is 12.1 Å². The Morgan fingerprint density at radius 2 is 2.15 bits per heavy atom. The Balaban J connectivity index is 1.73. The van der Waals surface area contributed by atoms with Crippen LogP contribution in [0, 0.1) is 0 Å². The molecule has 0 aliphatic carbocycles. The largest absolute Gasteiger partial charge is 0.393 e. The Bertz CT molecular complexity index is 586. The number of likely N-dealkylation sites (tertiary alicyclic amines) is 1. The van der Waals surface area contributed by atoms with Crippen molar-refractivity contribution in [2.75, 3.05) is 19.7 Å². The first-order chi connectivity index (χ1) is 9.70. The molecule has 0 unspecified atom stereocenters. The van der Waals surface area contributed by atoms with E-state index in [2.05, 4.69) is 15.2 Å². The van der Waals surface area contributed by atoms with Gasteiger partial charge in [-0.15, -0.1) is 0 Å². The zero-order valence-corrected chi connectivity index (χ0v) is 11.3. The maximum Gasteiger partial charge on any atom is 0.139 e. The van der Waals surface area contributed by atoms with E-state index in [1.54, 1.807) is 0 Å². The molecule has 2 aromatic rings. The second-order valence-corrected chi connectivity index (χ2v) is 5.56. The number of benzene rings is 1. The lowest BCUT2D eigenvalue weighted by Gasteiger charge is -2.24. The van der Waals surface area contributed by atoms with E-state index >= 15 is 0 Å². The molecule has 0 bridgehead atoms. The summed E-state index contributed by atoms with van der Waals surface area (Å²) in [4.78, 5) is 2.27. The second-order valence-electron chi connectivity index (χ2n) is 5.56. The predicted octanol–water partition coefficient (Wildman–Crippen LogP) is 0.932. The molecule has 0 saturated carbocycles. The molecule has 0 spiro atoms. The number of hydrogen-bond donors (Lipinski definition) is 2. The first kappa shape index (κ1) is 13.5. The topological polar surface area (TPSA) is 82.6 Å². The minimum absolute atomic E-state index is 0.163. The lowest BCUT2D eigenvalue weighted by molar-refractivity contribution is -0.0255. The average Bonchev–Trinajstić information content (AvgIpc) is 2.86. The molecule has 2 heterocycles. The molecular formula is C14H19N3O3. The fourth-order valence-electron chi connectivity index (χ4n) is 2.78. The van der Waals surface area contributed by atoms with E-state index in [1.807, 2.05) is 18.2 Å². The summed E-state index contributed by atoms with van der Waals surface area (Å²) in [5.41, 5.74) is 1.73. The smallest absolute Gasteiger partial charge is 0.139 e. The van der Waals surface area contributed by atoms with Crippen LogP contribution in [0.1, 0.15) is 24.8 Å². The summed E-state index contributed by atoms with van der Waals surface area (Å²) in [7, 11) is 0. The van der Waals surface area contributed by atoms with Crippen LogP contribution in [0.25, 0.3) is 11.0 Å². The van der Waals surface area contributed by atoms with Crippen LogP contribution in [-0.4, -0.2) is 50.7 Å². The van der Waals surface area contributed by atoms with Crippen molar-refractivity contribution < 1.29 is 14.8 Å². The number of hydrogen-bond acceptors (Lipinski definition) is 6. The van der Waals surface area contributed by atoms with Gasteiger partial charge in [0.25, 0.3) is 0 Å². The Hall–Kier alpha value is -1.50. The molecule has 1 aliphatic rings. The first-order valence-corrected chi connectivity index (χ1v) is 6.96. The van der Waals surface area contributed by atoms with Gasteiger partial charge in [0.2, 0.25) is 0 Å². The molecular weight excluding hydrogens is 258 g/mol. The predicted molar refractivity (Wildman–Crippen MR) is 73.0 cm³/mol. The van der Waals surface area contributed by atoms with Crippen molar-refractivity contribution in [3.8, 4) is 0 Å². The molecule has 0 radical (unpaired) electrons. The standard InChI is InChI=1S/C14H19N3O3/c18-10-14(19)5-2-7-17(8-6-14)9-11-3-1-4-12-13(11)16-20-15-12/h1,3-4,18-19H,2,5-10H2/t14-/m0/s1. The van der Waals surface area contributed by atoms with Crippen LogP contribution in [0.2, 0.25) is 0 Å². The highest BCUT2D eigenvalue weighted by atomic mass is 16.6. The normalized spacial score (nSPS) is 24.9. The van der Waals surface area contributed by atoms with Gasteiger partial charge in [-0.05, 0) is 47.8 Å². The Kier molecular flexibility index (Phi) is 3.69. The highest BCUT2D eigenvalue weighted by Gasteiger charge is 2.29. The number of aromatic nitrogens is 2. The van der Waals surface area contributed by atoms with E-state index in [9.17, 15) is 10.2 Å². The van der Waals surface area contributed by atoms with Crippen LogP contribution in [0.4, 0.5) is 0 Å². The third kappa shape index (κ3) is 2.67. The van der Waals surface area contributed by atoms with Gasteiger partial charge >= 0.3 is 0 Å². The van der Waals surface area contributed by atoms with E-state index in [-0.39, 0.29) is 6.61 Å². The molecule has 0 amide bonds. The fraction of sp³-hybridized carbons (Fsp3) is 0.571. The van der Waals surface area contributed by atoms with Crippen LogP contribution in [-0.2, 0) is 6.54 Å². The molecule has 3 rings (SSSR count). The molecule has 1 aliphatic heterocycles. The summed E-state index contributed by atoms with van der Waals surface area (Å²) in [5.74, 6) is 0. The SMILES string of the molecule is OC[C@]1(O)CCCN(Cc2cccc3nonc23)CC1. The van der Waals surface area contributed by atoms with Crippen molar-refractivity contribution in [1.29, 1.82) is 0 Å². The van der Waals surface area contributed by atoms with Crippen LogP contribution in [0.5, 0.6) is 0 Å². The van der Waals surface area contributed by atoms with Crippen molar-refractivity contribution in [2.24, 2.45) is 0 Å². The van der Waals surface area contributed by atoms with Gasteiger partial charge in [0, 0.05) is 13.1 Å². The molecule has 1 aromatic heterocycles. The quantitative estimate of drug-likeness (QED) is 0.868. The average molecular weight is 277 g/mol. The van der Waals surface area contributed by atoms with E-state index in [1.165, 1.54) is 0 Å². The summed E-state index contributed by atoms with van der Waals surface area (Å²) in [5, 5.41) is 27.2. The molecule has 2 N–H and O–H groups in total. The van der Waals surface area contributed by atoms with Crippen LogP contribution < -0.4 is 0 Å². The van der Waals surface area contributed by atoms with Crippen LogP contribution >= 0.6 is 0 Å². The maximum absolute atomic E-state index is 10.2. The van der Waals surface area contributed by atoms with Crippen LogP contribution in [0.15, 0.2) is 22.8 Å². The summed E-state index contributed by atoms with van der Waals surface area (Å²) in [6.45, 7) is 2.26. The van der Waals surface area contributed by atoms with E-state index in [4.69, 9.17) is 4.63 Å². The molecule has 6 nitrogen and oxygen atoms in total. The molecule has 1 saturated heterocycles. The number of fused-ring (bicyclic) bond motifs is 1. The molecule has 108 valence electrons. The zero-order chi connectivity index (χ0) is 14.0. The van der Waals surface area contributed by atoms with E-state index < -0.39 is 5.60 Å². The van der Waals surface area contributed by atoms with Gasteiger partial charge in [-0.2, -0.15) is 0 Å². The van der Waals surface area contributed by atoms with Gasteiger partial charge in [-0.25, -0.2) is 4.63 Å². The molecule has 20 heavy (non-hydrogen) atoms. The number of rotatable bonds is 3. The maximum atomic E-state index is 10.2. The van der Waals surface area contributed by atoms with Gasteiger partial charge in [0.1, 0.15) is 11.0 Å². The third-order valence-electron chi connectivity index (χ3n) is 4.07. The Morgan fingerprint density at radius 3 is 3.00 bits per heavy atom. The van der Waals surface area contributed by atoms with Crippen molar-refractivity contribution in [3.05, 3.63) is 23.8 Å². The Morgan fingerprint density at radius 1 is 1.25 bits per heavy atom. The van der Waals surface area contributed by atoms with Crippen molar-refractivity contribution >= 4 is 11.0 Å². The molecule has 1 fully saturated rings. The number of aliphatic hydroxyl groups excluding tert-OH is 1. The molecule has 6 heteroatoms. The van der Waals surface area contributed by atoms with Crippen molar-refractivity contribution in [3.63, 3.8) is 0 Å². The van der Waals surface area contributed by atoms with Crippen molar-refractivity contribution in [1.82, 2.24) is 15.2 Å². The first-order valence-electron chi connectivity index (χ1n) is 6.96. The monoisotopic (exact) mass is 277 g/mol. The second kappa shape index (κ2) is 5.47. The van der Waals surface area contributed by atoms with Gasteiger partial charge in [-0.3, -0.25) is 4.90 Å².